The molecule has 0 unspecified atom stereocenters. The monoisotopic (exact) mass is 422 g/mol. The minimum Gasteiger partial charge on any atom is -0.370 e. The second-order valence-corrected chi connectivity index (χ2v) is 6.76. The Morgan fingerprint density at radius 2 is 1.90 bits per heavy atom. The topological polar surface area (TPSA) is 122 Å². The SMILES string of the molecule is CCNc1nc(-c2ccc(NC(=O)NCc3cccnc3)cc2)c(F)c(C)c1C(N)=O. The predicted molar refractivity (Wildman–Crippen MR) is 117 cm³/mol. The van der Waals surface area contributed by atoms with Crippen LogP contribution >= 0.6 is 0 Å². The Balaban J connectivity index is 1.76. The van der Waals surface area contributed by atoms with Gasteiger partial charge < -0.3 is 21.7 Å². The molecule has 0 spiro atoms. The van der Waals surface area contributed by atoms with E-state index in [0.717, 1.165) is 5.56 Å². The van der Waals surface area contributed by atoms with Gasteiger partial charge in [-0.3, -0.25) is 9.78 Å². The Kier molecular flexibility index (Phi) is 6.76. The third-order valence-electron chi connectivity index (χ3n) is 4.56. The zero-order valence-corrected chi connectivity index (χ0v) is 17.2. The van der Waals surface area contributed by atoms with Crippen LogP contribution in [0.15, 0.2) is 48.8 Å². The first-order valence-electron chi connectivity index (χ1n) is 9.68. The van der Waals surface area contributed by atoms with E-state index >= 15 is 0 Å². The number of carbonyl (C=O) groups is 2. The first kappa shape index (κ1) is 21.7. The molecule has 0 radical (unpaired) electrons. The third-order valence-corrected chi connectivity index (χ3v) is 4.56. The zero-order valence-electron chi connectivity index (χ0n) is 17.2. The lowest BCUT2D eigenvalue weighted by atomic mass is 10.0. The van der Waals surface area contributed by atoms with Crippen molar-refractivity contribution in [1.29, 1.82) is 0 Å². The Hall–Kier alpha value is -4.01. The molecule has 5 N–H and O–H groups in total. The maximum absolute atomic E-state index is 14.9. The average molecular weight is 422 g/mol. The van der Waals surface area contributed by atoms with E-state index < -0.39 is 11.7 Å². The number of nitrogens with two attached hydrogens (primary N) is 1. The van der Waals surface area contributed by atoms with Crippen molar-refractivity contribution >= 4 is 23.4 Å². The molecular weight excluding hydrogens is 399 g/mol. The summed E-state index contributed by atoms with van der Waals surface area (Å²) in [4.78, 5) is 32.1. The standard InChI is InChI=1S/C22H23FN6O2/c1-3-26-21-17(20(24)30)13(2)18(23)19(29-21)15-6-8-16(9-7-15)28-22(31)27-12-14-5-4-10-25-11-14/h4-11H,3,12H2,1-2H3,(H2,24,30)(H,26,29)(H2,27,28,31). The molecule has 0 fully saturated rings. The number of rotatable bonds is 7. The second-order valence-electron chi connectivity index (χ2n) is 6.76. The second kappa shape index (κ2) is 9.66. The number of urea groups is 1. The van der Waals surface area contributed by atoms with Crippen LogP contribution in [-0.4, -0.2) is 28.5 Å². The maximum atomic E-state index is 14.9. The van der Waals surface area contributed by atoms with E-state index in [9.17, 15) is 14.0 Å². The van der Waals surface area contributed by atoms with Crippen LogP contribution in [0.5, 0.6) is 0 Å². The van der Waals surface area contributed by atoms with Crippen molar-refractivity contribution in [1.82, 2.24) is 15.3 Å². The van der Waals surface area contributed by atoms with Gasteiger partial charge in [-0.15, -0.1) is 0 Å². The van der Waals surface area contributed by atoms with E-state index in [0.29, 0.717) is 24.3 Å². The maximum Gasteiger partial charge on any atom is 0.319 e. The van der Waals surface area contributed by atoms with Crippen molar-refractivity contribution in [2.24, 2.45) is 5.73 Å². The predicted octanol–water partition coefficient (Wildman–Crippen LogP) is 3.44. The molecule has 9 heteroatoms. The molecule has 0 bridgehead atoms. The van der Waals surface area contributed by atoms with E-state index in [4.69, 9.17) is 5.73 Å². The molecule has 0 aliphatic rings. The van der Waals surface area contributed by atoms with Crippen molar-refractivity contribution in [3.63, 3.8) is 0 Å². The first-order chi connectivity index (χ1) is 14.9. The molecule has 31 heavy (non-hydrogen) atoms. The highest BCUT2D eigenvalue weighted by Crippen LogP contribution is 2.29. The normalized spacial score (nSPS) is 10.4. The Labute approximate surface area is 179 Å². The summed E-state index contributed by atoms with van der Waals surface area (Å²) in [5.74, 6) is -1.13. The zero-order chi connectivity index (χ0) is 22.4. The highest BCUT2D eigenvalue weighted by Gasteiger charge is 2.21. The fourth-order valence-corrected chi connectivity index (χ4v) is 3.04. The van der Waals surface area contributed by atoms with E-state index in [1.165, 1.54) is 6.92 Å². The van der Waals surface area contributed by atoms with Gasteiger partial charge in [0.15, 0.2) is 5.82 Å². The van der Waals surface area contributed by atoms with Crippen molar-refractivity contribution in [3.05, 3.63) is 71.3 Å². The number of benzene rings is 1. The molecule has 160 valence electrons. The lowest BCUT2D eigenvalue weighted by molar-refractivity contribution is 0.0999. The van der Waals surface area contributed by atoms with Crippen molar-refractivity contribution in [2.45, 2.75) is 20.4 Å². The van der Waals surface area contributed by atoms with Gasteiger partial charge in [0.1, 0.15) is 11.5 Å². The van der Waals surface area contributed by atoms with Gasteiger partial charge >= 0.3 is 6.03 Å². The van der Waals surface area contributed by atoms with Crippen molar-refractivity contribution < 1.29 is 14.0 Å². The summed E-state index contributed by atoms with van der Waals surface area (Å²) < 4.78 is 14.9. The quantitative estimate of drug-likeness (QED) is 0.465. The highest BCUT2D eigenvalue weighted by atomic mass is 19.1. The van der Waals surface area contributed by atoms with E-state index in [1.807, 2.05) is 13.0 Å². The minimum absolute atomic E-state index is 0.0340. The van der Waals surface area contributed by atoms with E-state index in [1.54, 1.807) is 42.7 Å². The van der Waals surface area contributed by atoms with Gasteiger partial charge in [0.05, 0.1) is 5.56 Å². The first-order valence-corrected chi connectivity index (χ1v) is 9.68. The van der Waals surface area contributed by atoms with Crippen LogP contribution in [0.25, 0.3) is 11.3 Å². The number of pyridine rings is 2. The van der Waals surface area contributed by atoms with Crippen LogP contribution in [0.4, 0.5) is 20.7 Å². The molecule has 2 aromatic heterocycles. The summed E-state index contributed by atoms with van der Waals surface area (Å²) >= 11 is 0. The number of carbonyl (C=O) groups excluding carboxylic acids is 2. The fraction of sp³-hybridized carbons (Fsp3) is 0.182. The van der Waals surface area contributed by atoms with Gasteiger partial charge in [-0.05, 0) is 37.6 Å². The number of halogens is 1. The molecule has 0 saturated carbocycles. The summed E-state index contributed by atoms with van der Waals surface area (Å²) in [5, 5.41) is 8.40. The van der Waals surface area contributed by atoms with Gasteiger partial charge in [-0.1, -0.05) is 18.2 Å². The number of amides is 3. The summed E-state index contributed by atoms with van der Waals surface area (Å²) in [5.41, 5.74) is 7.55. The van der Waals surface area contributed by atoms with E-state index in [-0.39, 0.29) is 28.7 Å². The molecular formula is C22H23FN6O2. The van der Waals surface area contributed by atoms with Crippen LogP contribution in [0, 0.1) is 12.7 Å². The number of hydrogen-bond donors (Lipinski definition) is 4. The number of nitrogens with zero attached hydrogens (tertiary/aromatic N) is 2. The molecule has 3 aromatic rings. The molecule has 0 atom stereocenters. The summed E-state index contributed by atoms with van der Waals surface area (Å²) in [6, 6.07) is 9.84. The van der Waals surface area contributed by atoms with Gasteiger partial charge in [0.2, 0.25) is 0 Å². The van der Waals surface area contributed by atoms with Crippen LogP contribution in [0.1, 0.15) is 28.4 Å². The van der Waals surface area contributed by atoms with Gasteiger partial charge in [-0.2, -0.15) is 0 Å². The van der Waals surface area contributed by atoms with Crippen LogP contribution in [0.2, 0.25) is 0 Å². The molecule has 8 nitrogen and oxygen atoms in total. The Morgan fingerprint density at radius 1 is 1.16 bits per heavy atom. The number of primary amides is 1. The average Bonchev–Trinajstić information content (AvgIpc) is 2.76. The van der Waals surface area contributed by atoms with Crippen molar-refractivity contribution in [2.75, 3.05) is 17.2 Å². The van der Waals surface area contributed by atoms with Gasteiger partial charge in [0, 0.05) is 42.3 Å². The largest absolute Gasteiger partial charge is 0.370 e. The van der Waals surface area contributed by atoms with Gasteiger partial charge in [-0.25, -0.2) is 14.2 Å². The number of aromatic nitrogens is 2. The lowest BCUT2D eigenvalue weighted by Gasteiger charge is -2.15. The molecule has 1 aromatic carbocycles. The summed E-state index contributed by atoms with van der Waals surface area (Å²) in [6.07, 6.45) is 3.33. The Morgan fingerprint density at radius 3 is 2.52 bits per heavy atom. The molecule has 0 aliphatic heterocycles. The van der Waals surface area contributed by atoms with E-state index in [2.05, 4.69) is 25.9 Å². The highest BCUT2D eigenvalue weighted by molar-refractivity contribution is 5.99. The van der Waals surface area contributed by atoms with Crippen LogP contribution in [-0.2, 0) is 6.54 Å². The van der Waals surface area contributed by atoms with Crippen molar-refractivity contribution in [3.8, 4) is 11.3 Å². The lowest BCUT2D eigenvalue weighted by Crippen LogP contribution is -2.28. The summed E-state index contributed by atoms with van der Waals surface area (Å²) in [7, 11) is 0. The molecule has 2 heterocycles. The third kappa shape index (κ3) is 5.13. The Bertz CT molecular complexity index is 1090. The number of anilines is 2. The molecule has 3 rings (SSSR count). The molecule has 3 amide bonds. The summed E-state index contributed by atoms with van der Waals surface area (Å²) in [6.45, 7) is 4.16. The van der Waals surface area contributed by atoms with Crippen LogP contribution in [0.3, 0.4) is 0 Å². The van der Waals surface area contributed by atoms with Crippen LogP contribution < -0.4 is 21.7 Å². The smallest absolute Gasteiger partial charge is 0.319 e. The van der Waals surface area contributed by atoms with Gasteiger partial charge in [0.25, 0.3) is 5.91 Å². The molecule has 0 saturated heterocycles. The minimum atomic E-state index is -0.747. The number of hydrogen-bond acceptors (Lipinski definition) is 5. The number of nitrogens with one attached hydrogen (secondary N) is 3. The molecule has 0 aliphatic carbocycles. The fourth-order valence-electron chi connectivity index (χ4n) is 3.04.